The first-order valence-electron chi connectivity index (χ1n) is 9.55. The quantitative estimate of drug-likeness (QED) is 0.133. The Morgan fingerprint density at radius 3 is 2.30 bits per heavy atom. The second kappa shape index (κ2) is 11.6. The Labute approximate surface area is 199 Å². The number of benzene rings is 3. The molecule has 0 aliphatic rings. The molecule has 3 aromatic rings. The average Bonchev–Trinajstić information content (AvgIpc) is 2.82. The van der Waals surface area contributed by atoms with Gasteiger partial charge in [0.25, 0.3) is 0 Å². The fourth-order valence-electron chi connectivity index (χ4n) is 2.49. The summed E-state index contributed by atoms with van der Waals surface area (Å²) in [6.07, 6.45) is 4.32. The highest BCUT2D eigenvalue weighted by Gasteiger charge is 2.14. The van der Waals surface area contributed by atoms with Gasteiger partial charge in [0.2, 0.25) is 0 Å². The Balaban J connectivity index is 1.48. The smallest absolute Gasteiger partial charge is 0.336 e. The molecule has 3 aromatic carbocycles. The molecule has 0 fully saturated rings. The van der Waals surface area contributed by atoms with Crippen molar-refractivity contribution >= 4 is 59.0 Å². The summed E-state index contributed by atoms with van der Waals surface area (Å²) in [6.45, 7) is 0. The maximum Gasteiger partial charge on any atom is 0.336 e. The van der Waals surface area contributed by atoms with Crippen LogP contribution < -0.4 is 15.5 Å². The molecule has 0 radical (unpaired) electrons. The number of nitrogens with zero attached hydrogens (tertiary/aromatic N) is 1. The van der Waals surface area contributed by atoms with E-state index in [1.807, 2.05) is 30.3 Å². The Morgan fingerprint density at radius 1 is 0.848 bits per heavy atom. The summed E-state index contributed by atoms with van der Waals surface area (Å²) in [5.41, 5.74) is 3.80. The topological polar surface area (TPSA) is 96.9 Å². The summed E-state index contributed by atoms with van der Waals surface area (Å²) in [6, 6.07) is 20.2. The molecule has 7 nitrogen and oxygen atoms in total. The van der Waals surface area contributed by atoms with Crippen LogP contribution in [0.15, 0.2) is 84.0 Å². The van der Waals surface area contributed by atoms with Gasteiger partial charge in [-0.05, 0) is 59.7 Å². The predicted molar refractivity (Wildman–Crippen MR) is 128 cm³/mol. The molecule has 2 N–H and O–H groups in total. The number of ether oxygens (including phenoxy) is 1. The van der Waals surface area contributed by atoms with E-state index in [2.05, 4.69) is 15.8 Å². The Bertz CT molecular complexity index is 1210. The molecule has 166 valence electrons. The third-order valence-electron chi connectivity index (χ3n) is 4.07. The van der Waals surface area contributed by atoms with Gasteiger partial charge >= 0.3 is 17.8 Å². The Morgan fingerprint density at radius 2 is 1.58 bits per heavy atom. The maximum atomic E-state index is 12.0. The van der Waals surface area contributed by atoms with E-state index in [-0.39, 0.29) is 10.7 Å². The number of rotatable bonds is 6. The van der Waals surface area contributed by atoms with Gasteiger partial charge in [-0.2, -0.15) is 5.10 Å². The molecule has 3 rings (SSSR count). The van der Waals surface area contributed by atoms with E-state index in [0.717, 1.165) is 5.56 Å². The fourth-order valence-corrected chi connectivity index (χ4v) is 2.83. The van der Waals surface area contributed by atoms with Crippen LogP contribution in [0.4, 0.5) is 5.69 Å². The van der Waals surface area contributed by atoms with Gasteiger partial charge in [0, 0.05) is 11.1 Å². The van der Waals surface area contributed by atoms with E-state index in [0.29, 0.717) is 16.3 Å². The molecule has 0 aliphatic carbocycles. The van der Waals surface area contributed by atoms with Gasteiger partial charge in [-0.3, -0.25) is 9.59 Å². The van der Waals surface area contributed by atoms with Crippen LogP contribution in [-0.2, 0) is 14.4 Å². The number of hydrogen-bond donors (Lipinski definition) is 2. The number of hydrogen-bond acceptors (Lipinski definition) is 5. The van der Waals surface area contributed by atoms with Gasteiger partial charge in [0.05, 0.1) is 16.9 Å². The van der Waals surface area contributed by atoms with E-state index in [1.54, 1.807) is 36.4 Å². The number of nitrogens with one attached hydrogen (secondary N) is 2. The van der Waals surface area contributed by atoms with Crippen molar-refractivity contribution in [3.8, 4) is 5.75 Å². The first-order chi connectivity index (χ1) is 15.9. The molecule has 0 unspecified atom stereocenters. The molecule has 0 aromatic heterocycles. The number of carbonyl (C=O) groups is 3. The zero-order chi connectivity index (χ0) is 23.6. The van der Waals surface area contributed by atoms with Crippen molar-refractivity contribution in [3.63, 3.8) is 0 Å². The van der Waals surface area contributed by atoms with Crippen molar-refractivity contribution in [1.82, 2.24) is 5.43 Å². The molecule has 2 amide bonds. The molecule has 9 heteroatoms. The molecule has 0 saturated heterocycles. The van der Waals surface area contributed by atoms with E-state index in [4.69, 9.17) is 27.9 Å². The summed E-state index contributed by atoms with van der Waals surface area (Å²) in [7, 11) is 0. The second-order valence-electron chi connectivity index (χ2n) is 6.51. The van der Waals surface area contributed by atoms with Gasteiger partial charge in [0.1, 0.15) is 5.75 Å². The molecule has 0 heterocycles. The number of esters is 1. The van der Waals surface area contributed by atoms with Gasteiger partial charge in [-0.25, -0.2) is 10.2 Å². The molecule has 0 atom stereocenters. The highest BCUT2D eigenvalue weighted by Crippen LogP contribution is 2.25. The van der Waals surface area contributed by atoms with Crippen molar-refractivity contribution in [1.29, 1.82) is 0 Å². The highest BCUT2D eigenvalue weighted by molar-refractivity contribution is 6.42. The monoisotopic (exact) mass is 481 g/mol. The zero-order valence-corrected chi connectivity index (χ0v) is 18.5. The molecular formula is C24H17Cl2N3O4. The summed E-state index contributed by atoms with van der Waals surface area (Å²) in [4.78, 5) is 35.8. The lowest BCUT2D eigenvalue weighted by Gasteiger charge is -2.06. The van der Waals surface area contributed by atoms with Crippen LogP contribution in [-0.4, -0.2) is 24.0 Å². The summed E-state index contributed by atoms with van der Waals surface area (Å²) in [5.74, 6) is -2.12. The molecule has 0 spiro atoms. The van der Waals surface area contributed by atoms with Gasteiger partial charge in [-0.1, -0.05) is 53.5 Å². The Hall–Kier alpha value is -3.94. The van der Waals surface area contributed by atoms with Crippen LogP contribution >= 0.6 is 23.2 Å². The predicted octanol–water partition coefficient (Wildman–Crippen LogP) is 4.70. The van der Waals surface area contributed by atoms with Crippen molar-refractivity contribution in [2.24, 2.45) is 5.10 Å². The highest BCUT2D eigenvalue weighted by atomic mass is 35.5. The standard InChI is InChI=1S/C24H17Cl2N3O4/c25-18-9-12-20(26)21(14-18)28-23(31)24(32)29-27-15-17-6-10-19(11-7-17)33-22(30)13-8-16-4-2-1-3-5-16/h1-15H,(H,28,31)(H,29,32)/b13-8+,27-15-. The number of halogens is 2. The van der Waals surface area contributed by atoms with Crippen molar-refractivity contribution in [2.75, 3.05) is 5.32 Å². The minimum Gasteiger partial charge on any atom is -0.423 e. The van der Waals surface area contributed by atoms with Gasteiger partial charge in [0.15, 0.2) is 0 Å². The summed E-state index contributed by atoms with van der Waals surface area (Å²) < 4.78 is 5.23. The number of anilines is 1. The van der Waals surface area contributed by atoms with E-state index < -0.39 is 17.8 Å². The van der Waals surface area contributed by atoms with E-state index in [1.165, 1.54) is 24.4 Å². The van der Waals surface area contributed by atoms with Crippen LogP contribution in [0.25, 0.3) is 6.08 Å². The minimum absolute atomic E-state index is 0.206. The van der Waals surface area contributed by atoms with Crippen LogP contribution in [0.5, 0.6) is 5.75 Å². The minimum atomic E-state index is -0.988. The van der Waals surface area contributed by atoms with Crippen LogP contribution in [0.3, 0.4) is 0 Å². The molecule has 0 bridgehead atoms. The van der Waals surface area contributed by atoms with E-state index in [9.17, 15) is 14.4 Å². The number of amides is 2. The molecule has 0 saturated carbocycles. The normalized spacial score (nSPS) is 10.8. The lowest BCUT2D eigenvalue weighted by molar-refractivity contribution is -0.136. The fraction of sp³-hybridized carbons (Fsp3) is 0. The Kier molecular flexibility index (Phi) is 8.35. The average molecular weight is 482 g/mol. The first kappa shape index (κ1) is 23.7. The largest absolute Gasteiger partial charge is 0.423 e. The SMILES string of the molecule is O=C(/C=C/c1ccccc1)Oc1ccc(/C=N\NC(=O)C(=O)Nc2cc(Cl)ccc2Cl)cc1. The summed E-state index contributed by atoms with van der Waals surface area (Å²) in [5, 5.41) is 6.68. The maximum absolute atomic E-state index is 12.0. The third kappa shape index (κ3) is 7.60. The van der Waals surface area contributed by atoms with Gasteiger partial charge in [-0.15, -0.1) is 0 Å². The summed E-state index contributed by atoms with van der Waals surface area (Å²) >= 11 is 11.8. The molecule has 33 heavy (non-hydrogen) atoms. The lowest BCUT2D eigenvalue weighted by atomic mass is 10.2. The van der Waals surface area contributed by atoms with Crippen molar-refractivity contribution in [3.05, 3.63) is 100 Å². The second-order valence-corrected chi connectivity index (χ2v) is 7.36. The molecular weight excluding hydrogens is 465 g/mol. The van der Waals surface area contributed by atoms with Gasteiger partial charge < -0.3 is 10.1 Å². The number of hydrazone groups is 1. The van der Waals surface area contributed by atoms with Crippen LogP contribution in [0.2, 0.25) is 10.0 Å². The third-order valence-corrected chi connectivity index (χ3v) is 4.64. The van der Waals surface area contributed by atoms with Crippen molar-refractivity contribution in [2.45, 2.75) is 0 Å². The molecule has 0 aliphatic heterocycles. The zero-order valence-electron chi connectivity index (χ0n) is 17.0. The first-order valence-corrected chi connectivity index (χ1v) is 10.3. The van der Waals surface area contributed by atoms with E-state index >= 15 is 0 Å². The van der Waals surface area contributed by atoms with Crippen LogP contribution in [0.1, 0.15) is 11.1 Å². The lowest BCUT2D eigenvalue weighted by Crippen LogP contribution is -2.32. The number of carbonyl (C=O) groups excluding carboxylic acids is 3. The van der Waals surface area contributed by atoms with Crippen LogP contribution in [0, 0.1) is 0 Å². The van der Waals surface area contributed by atoms with Crippen molar-refractivity contribution < 1.29 is 19.1 Å².